The van der Waals surface area contributed by atoms with Crippen LogP contribution in [0.3, 0.4) is 0 Å². The van der Waals surface area contributed by atoms with Crippen molar-refractivity contribution in [3.8, 4) is 0 Å². The van der Waals surface area contributed by atoms with Crippen molar-refractivity contribution in [2.75, 3.05) is 11.9 Å². The lowest BCUT2D eigenvalue weighted by atomic mass is 9.93. The fourth-order valence-corrected chi connectivity index (χ4v) is 3.51. The summed E-state index contributed by atoms with van der Waals surface area (Å²) in [5.41, 5.74) is 0.831. The summed E-state index contributed by atoms with van der Waals surface area (Å²) in [5, 5.41) is 6.32. The van der Waals surface area contributed by atoms with Crippen molar-refractivity contribution in [2.24, 2.45) is 11.8 Å². The van der Waals surface area contributed by atoms with Gasteiger partial charge in [-0.05, 0) is 42.9 Å². The van der Waals surface area contributed by atoms with E-state index in [0.29, 0.717) is 18.5 Å². The quantitative estimate of drug-likeness (QED) is 0.857. The first kappa shape index (κ1) is 15.5. The minimum atomic E-state index is 0.0234. The zero-order valence-corrected chi connectivity index (χ0v) is 13.7. The molecular formula is C16H23BrN2O. The van der Waals surface area contributed by atoms with Crippen molar-refractivity contribution < 1.29 is 4.79 Å². The Balaban J connectivity index is 1.78. The van der Waals surface area contributed by atoms with Gasteiger partial charge in [-0.25, -0.2) is 0 Å². The van der Waals surface area contributed by atoms with E-state index in [9.17, 15) is 4.79 Å². The first-order chi connectivity index (χ1) is 9.60. The Morgan fingerprint density at radius 1 is 1.40 bits per heavy atom. The van der Waals surface area contributed by atoms with Crippen molar-refractivity contribution in [1.82, 2.24) is 5.32 Å². The molecule has 1 amide bonds. The zero-order valence-electron chi connectivity index (χ0n) is 12.2. The van der Waals surface area contributed by atoms with Crippen LogP contribution < -0.4 is 10.6 Å². The van der Waals surface area contributed by atoms with E-state index in [1.54, 1.807) is 0 Å². The lowest BCUT2D eigenvalue weighted by Gasteiger charge is -2.20. The van der Waals surface area contributed by atoms with Crippen LogP contribution >= 0.6 is 15.9 Å². The minimum absolute atomic E-state index is 0.0234. The maximum absolute atomic E-state index is 11.9. The molecule has 1 aliphatic carbocycles. The molecule has 0 bridgehead atoms. The topological polar surface area (TPSA) is 41.1 Å². The summed E-state index contributed by atoms with van der Waals surface area (Å²) in [6.45, 7) is 4.94. The van der Waals surface area contributed by atoms with Crippen LogP contribution in [0.1, 0.15) is 33.1 Å². The summed E-state index contributed by atoms with van der Waals surface area (Å²) < 4.78 is 0.971. The van der Waals surface area contributed by atoms with Gasteiger partial charge in [0.1, 0.15) is 0 Å². The van der Waals surface area contributed by atoms with E-state index in [0.717, 1.165) is 16.1 Å². The molecule has 3 atom stereocenters. The molecule has 1 aromatic carbocycles. The van der Waals surface area contributed by atoms with Crippen molar-refractivity contribution in [1.29, 1.82) is 0 Å². The third-order valence-corrected chi connectivity index (χ3v) is 4.88. The molecular weight excluding hydrogens is 316 g/mol. The molecule has 0 spiro atoms. The average molecular weight is 339 g/mol. The smallest absolute Gasteiger partial charge is 0.238 e. The summed E-state index contributed by atoms with van der Waals surface area (Å²) in [6, 6.07) is 8.14. The van der Waals surface area contributed by atoms with Crippen LogP contribution in [0.4, 0.5) is 5.69 Å². The normalized spacial score (nSPS) is 25.6. The molecule has 3 nitrogen and oxygen atoms in total. The summed E-state index contributed by atoms with van der Waals surface area (Å²) >= 11 is 3.40. The second-order valence-electron chi connectivity index (χ2n) is 5.65. The van der Waals surface area contributed by atoms with Crippen LogP contribution in [0.15, 0.2) is 28.7 Å². The second kappa shape index (κ2) is 7.23. The van der Waals surface area contributed by atoms with Gasteiger partial charge in [0.25, 0.3) is 0 Å². The van der Waals surface area contributed by atoms with Gasteiger partial charge in [0.2, 0.25) is 5.91 Å². The lowest BCUT2D eigenvalue weighted by molar-refractivity contribution is -0.115. The SMILES string of the molecule is CCC1CCC(NCC(=O)Nc2cccc(Br)c2)C1C. The van der Waals surface area contributed by atoms with Gasteiger partial charge in [0.15, 0.2) is 0 Å². The average Bonchev–Trinajstić information content (AvgIpc) is 2.77. The van der Waals surface area contributed by atoms with E-state index in [4.69, 9.17) is 0 Å². The van der Waals surface area contributed by atoms with E-state index in [1.807, 2.05) is 24.3 Å². The van der Waals surface area contributed by atoms with Gasteiger partial charge in [0, 0.05) is 16.2 Å². The van der Waals surface area contributed by atoms with Crippen LogP contribution in [0.5, 0.6) is 0 Å². The van der Waals surface area contributed by atoms with Crippen LogP contribution in [0.2, 0.25) is 0 Å². The second-order valence-corrected chi connectivity index (χ2v) is 6.57. The van der Waals surface area contributed by atoms with Gasteiger partial charge >= 0.3 is 0 Å². The van der Waals surface area contributed by atoms with Crippen LogP contribution in [0.25, 0.3) is 0 Å². The summed E-state index contributed by atoms with van der Waals surface area (Å²) in [6.07, 6.45) is 3.70. The van der Waals surface area contributed by atoms with Gasteiger partial charge in [0.05, 0.1) is 6.54 Å². The number of carbonyl (C=O) groups excluding carboxylic acids is 1. The van der Waals surface area contributed by atoms with E-state index >= 15 is 0 Å². The first-order valence-corrected chi connectivity index (χ1v) is 8.18. The molecule has 20 heavy (non-hydrogen) atoms. The highest BCUT2D eigenvalue weighted by molar-refractivity contribution is 9.10. The number of amides is 1. The highest BCUT2D eigenvalue weighted by atomic mass is 79.9. The van der Waals surface area contributed by atoms with Gasteiger partial charge in [-0.3, -0.25) is 4.79 Å². The Bertz CT molecular complexity index is 464. The number of halogens is 1. The number of hydrogen-bond acceptors (Lipinski definition) is 2. The number of anilines is 1. The molecule has 2 N–H and O–H groups in total. The zero-order chi connectivity index (χ0) is 14.5. The Kier molecular flexibility index (Phi) is 5.61. The monoisotopic (exact) mass is 338 g/mol. The van der Waals surface area contributed by atoms with Gasteiger partial charge in [-0.2, -0.15) is 0 Å². The molecule has 0 saturated heterocycles. The van der Waals surface area contributed by atoms with E-state index < -0.39 is 0 Å². The molecule has 110 valence electrons. The molecule has 0 aliphatic heterocycles. The highest BCUT2D eigenvalue weighted by Crippen LogP contribution is 2.33. The molecule has 0 aromatic heterocycles. The largest absolute Gasteiger partial charge is 0.325 e. The Hall–Kier alpha value is -0.870. The Morgan fingerprint density at radius 2 is 2.20 bits per heavy atom. The summed E-state index contributed by atoms with van der Waals surface area (Å²) in [7, 11) is 0. The van der Waals surface area contributed by atoms with Crippen molar-refractivity contribution >= 4 is 27.5 Å². The van der Waals surface area contributed by atoms with Gasteiger partial charge in [-0.15, -0.1) is 0 Å². The third-order valence-electron chi connectivity index (χ3n) is 4.38. The van der Waals surface area contributed by atoms with Gasteiger partial charge < -0.3 is 10.6 Å². The maximum atomic E-state index is 11.9. The van der Waals surface area contributed by atoms with E-state index in [-0.39, 0.29) is 5.91 Å². The number of rotatable bonds is 5. The predicted octanol–water partition coefficient (Wildman–Crippen LogP) is 3.80. The molecule has 1 saturated carbocycles. The molecule has 4 heteroatoms. The molecule has 1 fully saturated rings. The summed E-state index contributed by atoms with van der Waals surface area (Å²) in [4.78, 5) is 11.9. The Labute approximate surface area is 129 Å². The maximum Gasteiger partial charge on any atom is 0.238 e. The van der Waals surface area contributed by atoms with Crippen LogP contribution in [0, 0.1) is 11.8 Å². The number of nitrogens with one attached hydrogen (secondary N) is 2. The summed E-state index contributed by atoms with van der Waals surface area (Å²) in [5.74, 6) is 1.49. The van der Waals surface area contributed by atoms with E-state index in [1.165, 1.54) is 19.3 Å². The van der Waals surface area contributed by atoms with E-state index in [2.05, 4.69) is 40.4 Å². The van der Waals surface area contributed by atoms with Crippen LogP contribution in [-0.2, 0) is 4.79 Å². The van der Waals surface area contributed by atoms with Crippen molar-refractivity contribution in [3.05, 3.63) is 28.7 Å². The fourth-order valence-electron chi connectivity index (χ4n) is 3.11. The Morgan fingerprint density at radius 3 is 2.85 bits per heavy atom. The third kappa shape index (κ3) is 4.06. The van der Waals surface area contributed by atoms with Crippen LogP contribution in [-0.4, -0.2) is 18.5 Å². The molecule has 1 aliphatic rings. The fraction of sp³-hybridized carbons (Fsp3) is 0.562. The molecule has 0 radical (unpaired) electrons. The van der Waals surface area contributed by atoms with Gasteiger partial charge in [-0.1, -0.05) is 42.3 Å². The highest BCUT2D eigenvalue weighted by Gasteiger charge is 2.31. The molecule has 1 aromatic rings. The standard InChI is InChI=1S/C16H23BrN2O/c1-3-12-7-8-15(11(12)2)18-10-16(20)19-14-6-4-5-13(17)9-14/h4-6,9,11-12,15,18H,3,7-8,10H2,1-2H3,(H,19,20). The minimum Gasteiger partial charge on any atom is -0.325 e. The predicted molar refractivity (Wildman–Crippen MR) is 86.7 cm³/mol. The number of benzene rings is 1. The number of carbonyl (C=O) groups is 1. The first-order valence-electron chi connectivity index (χ1n) is 7.39. The molecule has 0 heterocycles. The molecule has 2 rings (SSSR count). The number of hydrogen-bond donors (Lipinski definition) is 2. The van der Waals surface area contributed by atoms with Crippen molar-refractivity contribution in [3.63, 3.8) is 0 Å². The molecule has 3 unspecified atom stereocenters. The van der Waals surface area contributed by atoms with Crippen molar-refractivity contribution in [2.45, 2.75) is 39.2 Å². The lowest BCUT2D eigenvalue weighted by Crippen LogP contribution is -2.38.